The molecule has 0 spiro atoms. The maximum absolute atomic E-state index is 4.36. The van der Waals surface area contributed by atoms with Crippen molar-refractivity contribution < 1.29 is 0 Å². The molecule has 0 amide bonds. The van der Waals surface area contributed by atoms with Gasteiger partial charge in [-0.2, -0.15) is 5.10 Å². The van der Waals surface area contributed by atoms with Gasteiger partial charge in [0.1, 0.15) is 0 Å². The Kier molecular flexibility index (Phi) is 4.93. The first-order chi connectivity index (χ1) is 9.24. The van der Waals surface area contributed by atoms with Crippen LogP contribution in [0.5, 0.6) is 0 Å². The van der Waals surface area contributed by atoms with E-state index >= 15 is 0 Å². The number of rotatable bonds is 7. The van der Waals surface area contributed by atoms with Gasteiger partial charge in [-0.05, 0) is 32.1 Å². The highest BCUT2D eigenvalue weighted by molar-refractivity contribution is 5.53. The van der Waals surface area contributed by atoms with Gasteiger partial charge in [0.2, 0.25) is 0 Å². The average molecular weight is 260 g/mol. The van der Waals surface area contributed by atoms with Crippen molar-refractivity contribution in [3.05, 3.63) is 36.2 Å². The van der Waals surface area contributed by atoms with Gasteiger partial charge in [-0.1, -0.05) is 19.9 Å². The Morgan fingerprint density at radius 1 is 1.32 bits per heavy atom. The molecule has 0 saturated heterocycles. The predicted octanol–water partition coefficient (Wildman–Crippen LogP) is 2.15. The minimum atomic E-state index is 0.485. The molecule has 4 nitrogen and oxygen atoms in total. The Hall–Kier alpha value is -1.39. The zero-order valence-corrected chi connectivity index (χ0v) is 12.1. The molecule has 0 saturated carbocycles. The molecule has 0 fully saturated rings. The van der Waals surface area contributed by atoms with Crippen molar-refractivity contribution in [2.75, 3.05) is 19.6 Å². The molecule has 2 aromatic rings. The number of likely N-dealkylation sites (N-methyl/N-ethyl adjacent to an activating group) is 1. The number of nitrogens with one attached hydrogen (secondary N) is 1. The highest BCUT2D eigenvalue weighted by Crippen LogP contribution is 2.09. The van der Waals surface area contributed by atoms with E-state index in [0.717, 1.165) is 26.2 Å². The lowest BCUT2D eigenvalue weighted by atomic mass is 10.2. The fourth-order valence-electron chi connectivity index (χ4n) is 2.34. The molecule has 2 aromatic heterocycles. The van der Waals surface area contributed by atoms with Crippen LogP contribution in [0.1, 0.15) is 26.3 Å². The Morgan fingerprint density at radius 3 is 2.84 bits per heavy atom. The summed E-state index contributed by atoms with van der Waals surface area (Å²) < 4.78 is 1.92. The Balaban J connectivity index is 1.91. The van der Waals surface area contributed by atoms with Gasteiger partial charge < -0.3 is 10.2 Å². The smallest absolute Gasteiger partial charge is 0.0706 e. The van der Waals surface area contributed by atoms with E-state index < -0.39 is 0 Å². The second-order valence-electron chi connectivity index (χ2n) is 4.97. The molecule has 4 heteroatoms. The lowest BCUT2D eigenvalue weighted by molar-refractivity contribution is 0.271. The zero-order chi connectivity index (χ0) is 13.7. The minimum Gasteiger partial charge on any atom is -0.309 e. The second-order valence-corrected chi connectivity index (χ2v) is 4.97. The third-order valence-corrected chi connectivity index (χ3v) is 3.57. The first-order valence-electron chi connectivity index (χ1n) is 7.11. The summed E-state index contributed by atoms with van der Waals surface area (Å²) in [7, 11) is 0. The van der Waals surface area contributed by atoms with Crippen molar-refractivity contribution in [2.45, 2.75) is 33.4 Å². The molecule has 0 aliphatic carbocycles. The number of fused-ring (bicyclic) bond motifs is 1. The predicted molar refractivity (Wildman–Crippen MR) is 79.3 cm³/mol. The van der Waals surface area contributed by atoms with Crippen LogP contribution in [0, 0.1) is 0 Å². The van der Waals surface area contributed by atoms with Crippen LogP contribution in [0.25, 0.3) is 5.52 Å². The quantitative estimate of drug-likeness (QED) is 0.828. The fourth-order valence-corrected chi connectivity index (χ4v) is 2.34. The van der Waals surface area contributed by atoms with Gasteiger partial charge in [0, 0.05) is 30.9 Å². The van der Waals surface area contributed by atoms with Crippen LogP contribution in [0.4, 0.5) is 0 Å². The summed E-state index contributed by atoms with van der Waals surface area (Å²) in [5.74, 6) is 0. The first kappa shape index (κ1) is 14.0. The molecule has 1 unspecified atom stereocenters. The van der Waals surface area contributed by atoms with E-state index in [9.17, 15) is 0 Å². The highest BCUT2D eigenvalue weighted by atomic mass is 15.2. The van der Waals surface area contributed by atoms with E-state index in [4.69, 9.17) is 0 Å². The minimum absolute atomic E-state index is 0.485. The van der Waals surface area contributed by atoms with Gasteiger partial charge in [0.25, 0.3) is 0 Å². The van der Waals surface area contributed by atoms with Crippen molar-refractivity contribution in [2.24, 2.45) is 0 Å². The van der Waals surface area contributed by atoms with E-state index in [2.05, 4.69) is 48.2 Å². The van der Waals surface area contributed by atoms with Gasteiger partial charge in [-0.25, -0.2) is 4.52 Å². The SMILES string of the molecule is CCN(CC)CC(C)NCc1cnn2ccccc12. The van der Waals surface area contributed by atoms with Gasteiger partial charge in [0.05, 0.1) is 11.7 Å². The maximum Gasteiger partial charge on any atom is 0.0706 e. The van der Waals surface area contributed by atoms with Gasteiger partial charge in [-0.3, -0.25) is 0 Å². The van der Waals surface area contributed by atoms with Gasteiger partial charge in [0.15, 0.2) is 0 Å². The third kappa shape index (κ3) is 3.55. The average Bonchev–Trinajstić information content (AvgIpc) is 2.86. The highest BCUT2D eigenvalue weighted by Gasteiger charge is 2.08. The van der Waals surface area contributed by atoms with E-state index in [1.807, 2.05) is 23.0 Å². The molecule has 0 aliphatic heterocycles. The standard InChI is InChI=1S/C15H24N4/c1-4-18(5-2)12-13(3)16-10-14-11-17-19-9-7-6-8-15(14)19/h6-9,11,13,16H,4-5,10,12H2,1-3H3. The fraction of sp³-hybridized carbons (Fsp3) is 0.533. The Morgan fingerprint density at radius 2 is 2.11 bits per heavy atom. The Bertz CT molecular complexity index is 502. The summed E-state index contributed by atoms with van der Waals surface area (Å²) in [6.45, 7) is 10.8. The molecule has 2 heterocycles. The van der Waals surface area contributed by atoms with Crippen molar-refractivity contribution in [1.29, 1.82) is 0 Å². The topological polar surface area (TPSA) is 32.6 Å². The van der Waals surface area contributed by atoms with Crippen molar-refractivity contribution in [3.63, 3.8) is 0 Å². The van der Waals surface area contributed by atoms with E-state index in [1.54, 1.807) is 0 Å². The number of aromatic nitrogens is 2. The zero-order valence-electron chi connectivity index (χ0n) is 12.1. The van der Waals surface area contributed by atoms with Crippen LogP contribution in [0.2, 0.25) is 0 Å². The molecule has 1 atom stereocenters. The van der Waals surface area contributed by atoms with Crippen LogP contribution in [0.15, 0.2) is 30.6 Å². The van der Waals surface area contributed by atoms with E-state index in [0.29, 0.717) is 6.04 Å². The third-order valence-electron chi connectivity index (χ3n) is 3.57. The van der Waals surface area contributed by atoms with E-state index in [-0.39, 0.29) is 0 Å². The molecule has 0 bridgehead atoms. The molecule has 2 rings (SSSR count). The lowest BCUT2D eigenvalue weighted by Gasteiger charge is -2.23. The van der Waals surface area contributed by atoms with Crippen LogP contribution in [0.3, 0.4) is 0 Å². The van der Waals surface area contributed by atoms with E-state index in [1.165, 1.54) is 11.1 Å². The lowest BCUT2D eigenvalue weighted by Crippen LogP contribution is -2.38. The number of pyridine rings is 1. The van der Waals surface area contributed by atoms with Gasteiger partial charge in [-0.15, -0.1) is 0 Å². The molecule has 0 aliphatic rings. The van der Waals surface area contributed by atoms with Crippen LogP contribution < -0.4 is 5.32 Å². The summed E-state index contributed by atoms with van der Waals surface area (Å²) in [4.78, 5) is 2.44. The largest absolute Gasteiger partial charge is 0.309 e. The molecule has 19 heavy (non-hydrogen) atoms. The summed E-state index contributed by atoms with van der Waals surface area (Å²) in [5, 5.41) is 7.94. The van der Waals surface area contributed by atoms with Crippen molar-refractivity contribution in [3.8, 4) is 0 Å². The summed E-state index contributed by atoms with van der Waals surface area (Å²) in [5.41, 5.74) is 2.44. The summed E-state index contributed by atoms with van der Waals surface area (Å²) in [6, 6.07) is 6.65. The van der Waals surface area contributed by atoms with Crippen molar-refractivity contribution >= 4 is 5.52 Å². The van der Waals surface area contributed by atoms with Crippen LogP contribution in [-0.4, -0.2) is 40.2 Å². The summed E-state index contributed by atoms with van der Waals surface area (Å²) in [6.07, 6.45) is 3.94. The second kappa shape index (κ2) is 6.68. The number of hydrogen-bond donors (Lipinski definition) is 1. The normalized spacial score (nSPS) is 13.3. The summed E-state index contributed by atoms with van der Waals surface area (Å²) >= 11 is 0. The van der Waals surface area contributed by atoms with Crippen LogP contribution >= 0.6 is 0 Å². The number of hydrogen-bond acceptors (Lipinski definition) is 3. The Labute approximate surface area is 115 Å². The number of nitrogens with zero attached hydrogens (tertiary/aromatic N) is 3. The van der Waals surface area contributed by atoms with Crippen LogP contribution in [-0.2, 0) is 6.54 Å². The monoisotopic (exact) mass is 260 g/mol. The molecular weight excluding hydrogens is 236 g/mol. The maximum atomic E-state index is 4.36. The van der Waals surface area contributed by atoms with Crippen molar-refractivity contribution in [1.82, 2.24) is 19.8 Å². The molecular formula is C15H24N4. The molecule has 1 N–H and O–H groups in total. The molecule has 0 aromatic carbocycles. The van der Waals surface area contributed by atoms with Gasteiger partial charge >= 0.3 is 0 Å². The molecule has 0 radical (unpaired) electrons. The first-order valence-corrected chi connectivity index (χ1v) is 7.11. The molecule has 104 valence electrons.